The van der Waals surface area contributed by atoms with Gasteiger partial charge in [-0.3, -0.25) is 5.10 Å². The number of aliphatic carboxylic acids is 1. The number of nitrogens with zero attached hydrogens (tertiary/aromatic N) is 2. The number of hydrogen-bond donors (Lipinski definition) is 2. The normalized spacial score (nSPS) is 19.0. The van der Waals surface area contributed by atoms with Crippen LogP contribution < -0.4 is 0 Å². The lowest BCUT2D eigenvalue weighted by atomic mass is 9.80. The van der Waals surface area contributed by atoms with E-state index in [-0.39, 0.29) is 11.7 Å². The number of H-pyrrole nitrogens is 1. The van der Waals surface area contributed by atoms with Gasteiger partial charge in [0.25, 0.3) is 0 Å². The summed E-state index contributed by atoms with van der Waals surface area (Å²) in [6.07, 6.45) is 2.14. The van der Waals surface area contributed by atoms with E-state index in [4.69, 9.17) is 9.47 Å². The molecule has 1 aliphatic rings. The Hall–Kier alpha value is -3.23. The second-order valence-electron chi connectivity index (χ2n) is 10.1. The number of halogens is 1. The van der Waals surface area contributed by atoms with Crippen LogP contribution in [-0.2, 0) is 19.7 Å². The molecule has 1 fully saturated rings. The third kappa shape index (κ3) is 4.00. The molecule has 5 rings (SSSR count). The Balaban J connectivity index is 1.83. The van der Waals surface area contributed by atoms with E-state index in [1.54, 1.807) is 26.3 Å². The van der Waals surface area contributed by atoms with Gasteiger partial charge in [-0.15, -0.1) is 0 Å². The third-order valence-electron chi connectivity index (χ3n) is 7.07. The number of ether oxygens (including phenoxy) is 2. The highest BCUT2D eigenvalue weighted by atomic mass is 19.1. The lowest BCUT2D eigenvalue weighted by Crippen LogP contribution is -2.33. The van der Waals surface area contributed by atoms with Gasteiger partial charge in [0.05, 0.1) is 30.4 Å². The number of carboxylic acids is 1. The Labute approximate surface area is 202 Å². The fraction of sp³-hybridized carbons (Fsp3) is 0.407. The van der Waals surface area contributed by atoms with Gasteiger partial charge in [-0.1, -0.05) is 13.8 Å². The summed E-state index contributed by atoms with van der Waals surface area (Å²) in [4.78, 5) is 11.5. The molecule has 8 heteroatoms. The van der Waals surface area contributed by atoms with E-state index < -0.39 is 17.5 Å². The van der Waals surface area contributed by atoms with Crippen molar-refractivity contribution in [2.75, 3.05) is 20.3 Å². The molecule has 7 nitrogen and oxygen atoms in total. The van der Waals surface area contributed by atoms with Crippen molar-refractivity contribution < 1.29 is 23.8 Å². The van der Waals surface area contributed by atoms with E-state index in [1.807, 2.05) is 6.07 Å². The number of benzene rings is 2. The fourth-order valence-corrected chi connectivity index (χ4v) is 5.47. The fourth-order valence-electron chi connectivity index (χ4n) is 5.47. The standard InChI is InChI=1S/C27H30FN3O4/c1-15-9-18(6-7-20(15)28)31-22-10-17-12-29-30-21(17)11-19(22)24(25(31)27(2,3)14-34-4)16-5-8-23(26(32)33)35-13-16/h6-7,9-12,16,23H,5,8,13-14H2,1-4H3,(H,29,30)(H,32,33)/t16-,23+/m0/s1. The van der Waals surface area contributed by atoms with Gasteiger partial charge in [0, 0.05) is 40.6 Å². The average Bonchev–Trinajstić information content (AvgIpc) is 3.41. The molecule has 4 aromatic rings. The van der Waals surface area contributed by atoms with E-state index in [1.165, 1.54) is 6.07 Å². The molecule has 0 amide bonds. The van der Waals surface area contributed by atoms with Crippen molar-refractivity contribution in [2.24, 2.45) is 0 Å². The second-order valence-corrected chi connectivity index (χ2v) is 10.1. The van der Waals surface area contributed by atoms with Crippen LogP contribution in [0.5, 0.6) is 0 Å². The van der Waals surface area contributed by atoms with Crippen molar-refractivity contribution in [1.29, 1.82) is 0 Å². The van der Waals surface area contributed by atoms with Crippen molar-refractivity contribution >= 4 is 27.8 Å². The number of aromatic amines is 1. The molecule has 0 bridgehead atoms. The predicted octanol–water partition coefficient (Wildman–Crippen LogP) is 5.23. The number of nitrogens with one attached hydrogen (secondary N) is 1. The van der Waals surface area contributed by atoms with Crippen LogP contribution >= 0.6 is 0 Å². The van der Waals surface area contributed by atoms with Crippen molar-refractivity contribution in [3.8, 4) is 5.69 Å². The number of hydrogen-bond acceptors (Lipinski definition) is 4. The molecule has 2 aromatic heterocycles. The van der Waals surface area contributed by atoms with Crippen LogP contribution in [0.1, 0.15) is 49.4 Å². The zero-order valence-electron chi connectivity index (χ0n) is 20.4. The molecule has 3 heterocycles. The van der Waals surface area contributed by atoms with E-state index in [2.05, 4.69) is 40.7 Å². The van der Waals surface area contributed by atoms with Crippen molar-refractivity contribution in [3.05, 3.63) is 59.2 Å². The average molecular weight is 480 g/mol. The minimum atomic E-state index is -0.924. The molecule has 2 atom stereocenters. The molecular weight excluding hydrogens is 449 g/mol. The summed E-state index contributed by atoms with van der Waals surface area (Å²) in [6, 6.07) is 9.38. The Morgan fingerprint density at radius 2 is 2.11 bits per heavy atom. The lowest BCUT2D eigenvalue weighted by Gasteiger charge is -2.32. The number of rotatable bonds is 6. The first-order valence-corrected chi connectivity index (χ1v) is 11.8. The quantitative estimate of drug-likeness (QED) is 0.396. The first-order chi connectivity index (χ1) is 16.7. The van der Waals surface area contributed by atoms with Crippen LogP contribution in [0.15, 0.2) is 36.5 Å². The Kier molecular flexibility index (Phi) is 5.89. The van der Waals surface area contributed by atoms with Crippen LogP contribution in [0, 0.1) is 12.7 Å². The highest BCUT2D eigenvalue weighted by Gasteiger charge is 2.37. The Morgan fingerprint density at radius 1 is 1.31 bits per heavy atom. The molecule has 0 unspecified atom stereocenters. The van der Waals surface area contributed by atoms with Gasteiger partial charge in [0.15, 0.2) is 6.10 Å². The zero-order chi connectivity index (χ0) is 24.9. The number of carbonyl (C=O) groups is 1. The maximum Gasteiger partial charge on any atom is 0.332 e. The lowest BCUT2D eigenvalue weighted by molar-refractivity contribution is -0.153. The molecular formula is C27H30FN3O4. The number of methoxy groups -OCH3 is 1. The van der Waals surface area contributed by atoms with Crippen molar-refractivity contribution in [2.45, 2.75) is 51.0 Å². The molecule has 2 N–H and O–H groups in total. The van der Waals surface area contributed by atoms with Gasteiger partial charge >= 0.3 is 5.97 Å². The summed E-state index contributed by atoms with van der Waals surface area (Å²) >= 11 is 0. The minimum absolute atomic E-state index is 0.00222. The van der Waals surface area contributed by atoms with Crippen LogP contribution in [-0.4, -0.2) is 52.3 Å². The van der Waals surface area contributed by atoms with Crippen LogP contribution in [0.4, 0.5) is 4.39 Å². The van der Waals surface area contributed by atoms with Crippen molar-refractivity contribution in [3.63, 3.8) is 0 Å². The topological polar surface area (TPSA) is 89.4 Å². The largest absolute Gasteiger partial charge is 0.479 e. The summed E-state index contributed by atoms with van der Waals surface area (Å²) in [6.45, 7) is 6.83. The summed E-state index contributed by atoms with van der Waals surface area (Å²) in [7, 11) is 1.69. The number of carboxylic acid groups (broad SMARTS) is 1. The molecule has 1 aliphatic heterocycles. The van der Waals surface area contributed by atoms with E-state index in [0.717, 1.165) is 38.8 Å². The van der Waals surface area contributed by atoms with Gasteiger partial charge in [-0.25, -0.2) is 9.18 Å². The predicted molar refractivity (Wildman–Crippen MR) is 132 cm³/mol. The molecule has 0 aliphatic carbocycles. The molecule has 0 saturated carbocycles. The first kappa shape index (κ1) is 23.5. The monoisotopic (exact) mass is 479 g/mol. The molecule has 0 radical (unpaired) electrons. The number of fused-ring (bicyclic) bond motifs is 2. The Bertz CT molecular complexity index is 1410. The summed E-state index contributed by atoms with van der Waals surface area (Å²) < 4.78 is 27.9. The Morgan fingerprint density at radius 3 is 2.77 bits per heavy atom. The minimum Gasteiger partial charge on any atom is -0.479 e. The van der Waals surface area contributed by atoms with E-state index >= 15 is 0 Å². The molecule has 184 valence electrons. The SMILES string of the molecule is COCC(C)(C)c1c([C@H]2CC[C@H](C(=O)O)OC2)c2cc3[nH]ncc3cc2n1-c1ccc(F)c(C)c1. The van der Waals surface area contributed by atoms with E-state index in [0.29, 0.717) is 31.6 Å². The van der Waals surface area contributed by atoms with E-state index in [9.17, 15) is 14.3 Å². The molecule has 0 spiro atoms. The van der Waals surface area contributed by atoms with Gasteiger partial charge in [0.1, 0.15) is 5.82 Å². The van der Waals surface area contributed by atoms with Gasteiger partial charge < -0.3 is 19.1 Å². The van der Waals surface area contributed by atoms with Gasteiger partial charge in [-0.2, -0.15) is 5.10 Å². The van der Waals surface area contributed by atoms with Crippen molar-refractivity contribution in [1.82, 2.24) is 14.8 Å². The second kappa shape index (κ2) is 8.77. The number of aryl methyl sites for hydroxylation is 1. The highest BCUT2D eigenvalue weighted by Crippen LogP contribution is 2.44. The molecule has 2 aromatic carbocycles. The highest BCUT2D eigenvalue weighted by molar-refractivity contribution is 5.99. The van der Waals surface area contributed by atoms with Crippen LogP contribution in [0.3, 0.4) is 0 Å². The maximum atomic E-state index is 14.2. The maximum absolute atomic E-state index is 14.2. The summed E-state index contributed by atoms with van der Waals surface area (Å²) in [5.41, 5.74) is 5.11. The zero-order valence-corrected chi connectivity index (χ0v) is 20.4. The third-order valence-corrected chi connectivity index (χ3v) is 7.07. The summed E-state index contributed by atoms with van der Waals surface area (Å²) in [5, 5.41) is 18.7. The molecule has 35 heavy (non-hydrogen) atoms. The van der Waals surface area contributed by atoms with Gasteiger partial charge in [-0.05, 0) is 61.2 Å². The van der Waals surface area contributed by atoms with Gasteiger partial charge in [0.2, 0.25) is 0 Å². The first-order valence-electron chi connectivity index (χ1n) is 11.8. The smallest absolute Gasteiger partial charge is 0.332 e. The summed E-state index contributed by atoms with van der Waals surface area (Å²) in [5.74, 6) is -1.17. The number of aromatic nitrogens is 3. The van der Waals surface area contributed by atoms with Crippen LogP contribution in [0.2, 0.25) is 0 Å². The van der Waals surface area contributed by atoms with Crippen LogP contribution in [0.25, 0.3) is 27.5 Å². The molecule has 1 saturated heterocycles.